The Balaban J connectivity index is 1.82. The SMILES string of the molecule is Cc1ccc2c(C3=C(c4c(Cl)ccc5ccc(CN(C)C)cc45)C(=O)NC3=O)c[nH]c2c1. The Hall–Kier alpha value is -3.41. The number of fused-ring (bicyclic) bond motifs is 2. The first-order valence-electron chi connectivity index (χ1n) is 10.4. The lowest BCUT2D eigenvalue weighted by molar-refractivity contribution is -0.122. The van der Waals surface area contributed by atoms with Crippen molar-refractivity contribution in [2.75, 3.05) is 14.1 Å². The Bertz CT molecular complexity index is 1460. The minimum atomic E-state index is -0.432. The van der Waals surface area contributed by atoms with Crippen molar-refractivity contribution < 1.29 is 9.59 Å². The quantitative estimate of drug-likeness (QED) is 0.440. The smallest absolute Gasteiger partial charge is 0.259 e. The van der Waals surface area contributed by atoms with E-state index in [-0.39, 0.29) is 0 Å². The number of carbonyl (C=O) groups is 2. The molecule has 5 rings (SSSR count). The number of rotatable bonds is 4. The van der Waals surface area contributed by atoms with E-state index < -0.39 is 11.8 Å². The van der Waals surface area contributed by atoms with Gasteiger partial charge < -0.3 is 9.88 Å². The number of amides is 2. The zero-order chi connectivity index (χ0) is 22.6. The normalized spacial score (nSPS) is 14.3. The summed E-state index contributed by atoms with van der Waals surface area (Å²) in [6.45, 7) is 2.76. The molecule has 0 saturated carbocycles. The van der Waals surface area contributed by atoms with Crippen molar-refractivity contribution in [3.63, 3.8) is 0 Å². The lowest BCUT2D eigenvalue weighted by Crippen LogP contribution is -2.22. The molecule has 1 aliphatic heterocycles. The highest BCUT2D eigenvalue weighted by Crippen LogP contribution is 2.40. The Morgan fingerprint density at radius 3 is 2.44 bits per heavy atom. The lowest BCUT2D eigenvalue weighted by atomic mass is 9.91. The fourth-order valence-electron chi connectivity index (χ4n) is 4.46. The van der Waals surface area contributed by atoms with Crippen LogP contribution >= 0.6 is 11.6 Å². The van der Waals surface area contributed by atoms with Crippen molar-refractivity contribution in [3.8, 4) is 0 Å². The van der Waals surface area contributed by atoms with E-state index in [1.54, 1.807) is 12.3 Å². The maximum absolute atomic E-state index is 13.1. The van der Waals surface area contributed by atoms with E-state index in [9.17, 15) is 9.59 Å². The number of aryl methyl sites for hydroxylation is 1. The average Bonchev–Trinajstić information content (AvgIpc) is 3.26. The third-order valence-electron chi connectivity index (χ3n) is 5.82. The highest BCUT2D eigenvalue weighted by atomic mass is 35.5. The third kappa shape index (κ3) is 3.30. The summed E-state index contributed by atoms with van der Waals surface area (Å²) in [7, 11) is 4.01. The van der Waals surface area contributed by atoms with Crippen molar-refractivity contribution in [2.24, 2.45) is 0 Å². The summed E-state index contributed by atoms with van der Waals surface area (Å²) >= 11 is 6.68. The number of halogens is 1. The largest absolute Gasteiger partial charge is 0.361 e. The van der Waals surface area contributed by atoms with Crippen LogP contribution in [0, 0.1) is 6.92 Å². The number of hydrogen-bond donors (Lipinski definition) is 2. The first-order valence-corrected chi connectivity index (χ1v) is 10.8. The molecule has 0 spiro atoms. The van der Waals surface area contributed by atoms with Gasteiger partial charge in [-0.15, -0.1) is 0 Å². The number of imide groups is 1. The molecule has 0 bridgehead atoms. The van der Waals surface area contributed by atoms with Crippen LogP contribution in [0.3, 0.4) is 0 Å². The van der Waals surface area contributed by atoms with Gasteiger partial charge in [0, 0.05) is 39.8 Å². The number of hydrogen-bond acceptors (Lipinski definition) is 3. The number of aromatic amines is 1. The van der Waals surface area contributed by atoms with Gasteiger partial charge in [-0.2, -0.15) is 0 Å². The second-order valence-corrected chi connectivity index (χ2v) is 8.91. The van der Waals surface area contributed by atoms with E-state index in [4.69, 9.17) is 11.6 Å². The van der Waals surface area contributed by atoms with Gasteiger partial charge in [0.05, 0.1) is 11.1 Å². The van der Waals surface area contributed by atoms with Crippen LogP contribution in [0.4, 0.5) is 0 Å². The number of benzene rings is 3. The van der Waals surface area contributed by atoms with Crippen LogP contribution in [0.2, 0.25) is 5.02 Å². The van der Waals surface area contributed by atoms with Crippen molar-refractivity contribution in [2.45, 2.75) is 13.5 Å². The van der Waals surface area contributed by atoms with Gasteiger partial charge in [0.2, 0.25) is 0 Å². The molecule has 2 amide bonds. The third-order valence-corrected chi connectivity index (χ3v) is 6.14. The van der Waals surface area contributed by atoms with Gasteiger partial charge in [-0.25, -0.2) is 0 Å². The summed E-state index contributed by atoms with van der Waals surface area (Å²) in [6.07, 6.45) is 1.79. The molecule has 1 aliphatic rings. The number of aromatic nitrogens is 1. The van der Waals surface area contributed by atoms with E-state index in [0.29, 0.717) is 27.3 Å². The van der Waals surface area contributed by atoms with Gasteiger partial charge in [-0.05, 0) is 61.1 Å². The monoisotopic (exact) mass is 443 g/mol. The molecule has 1 aromatic heterocycles. The van der Waals surface area contributed by atoms with Crippen LogP contribution in [0.15, 0.2) is 54.7 Å². The molecular weight excluding hydrogens is 422 g/mol. The molecule has 5 nitrogen and oxygen atoms in total. The van der Waals surface area contributed by atoms with Crippen molar-refractivity contribution in [1.82, 2.24) is 15.2 Å². The molecule has 6 heteroatoms. The fourth-order valence-corrected chi connectivity index (χ4v) is 4.71. The van der Waals surface area contributed by atoms with Gasteiger partial charge in [0.25, 0.3) is 11.8 Å². The lowest BCUT2D eigenvalue weighted by Gasteiger charge is -2.14. The van der Waals surface area contributed by atoms with E-state index >= 15 is 0 Å². The number of nitrogens with zero attached hydrogens (tertiary/aromatic N) is 1. The van der Waals surface area contributed by atoms with Crippen LogP contribution in [0.25, 0.3) is 32.8 Å². The van der Waals surface area contributed by atoms with Gasteiger partial charge >= 0.3 is 0 Å². The van der Waals surface area contributed by atoms with Crippen molar-refractivity contribution >= 4 is 56.2 Å². The number of H-pyrrole nitrogens is 1. The standard InChI is InChI=1S/C26H22ClN3O2/c1-14-4-8-17-19(12-28-21(17)10-14)23-24(26(32)29-25(23)31)22-18-11-15(13-30(2)3)5-6-16(18)7-9-20(22)27/h4-12,28H,13H2,1-3H3,(H,29,31,32). The molecule has 3 aromatic carbocycles. The molecule has 0 unspecified atom stereocenters. The summed E-state index contributed by atoms with van der Waals surface area (Å²) in [5, 5.41) is 5.62. The van der Waals surface area contributed by atoms with Gasteiger partial charge in [0.1, 0.15) is 0 Å². The maximum atomic E-state index is 13.1. The van der Waals surface area contributed by atoms with E-state index in [2.05, 4.69) is 27.3 Å². The van der Waals surface area contributed by atoms with Crippen LogP contribution in [-0.4, -0.2) is 35.8 Å². The zero-order valence-electron chi connectivity index (χ0n) is 18.0. The molecule has 0 atom stereocenters. The zero-order valence-corrected chi connectivity index (χ0v) is 18.8. The Labute approximate surface area is 190 Å². The van der Waals surface area contributed by atoms with E-state index in [1.807, 2.05) is 51.4 Å². The minimum absolute atomic E-state index is 0.314. The molecular formula is C26H22ClN3O2. The maximum Gasteiger partial charge on any atom is 0.259 e. The average molecular weight is 444 g/mol. The molecule has 0 fully saturated rings. The Morgan fingerprint density at radius 2 is 1.66 bits per heavy atom. The van der Waals surface area contributed by atoms with Crippen LogP contribution in [0.5, 0.6) is 0 Å². The molecule has 0 radical (unpaired) electrons. The Kier molecular flexibility index (Phi) is 4.88. The molecule has 0 aliphatic carbocycles. The second-order valence-electron chi connectivity index (χ2n) is 8.50. The number of carbonyl (C=O) groups excluding carboxylic acids is 2. The molecule has 2 heterocycles. The van der Waals surface area contributed by atoms with Crippen molar-refractivity contribution in [1.29, 1.82) is 0 Å². The first kappa shape index (κ1) is 20.5. The van der Waals surface area contributed by atoms with E-state index in [0.717, 1.165) is 39.3 Å². The molecule has 32 heavy (non-hydrogen) atoms. The second kappa shape index (κ2) is 7.62. The molecule has 2 N–H and O–H groups in total. The van der Waals surface area contributed by atoms with Gasteiger partial charge in [0.15, 0.2) is 0 Å². The summed E-state index contributed by atoms with van der Waals surface area (Å²) < 4.78 is 0. The molecule has 0 saturated heterocycles. The van der Waals surface area contributed by atoms with Gasteiger partial charge in [-0.1, -0.05) is 41.9 Å². The van der Waals surface area contributed by atoms with Crippen LogP contribution in [-0.2, 0) is 16.1 Å². The van der Waals surface area contributed by atoms with Crippen molar-refractivity contribution in [3.05, 3.63) is 82.0 Å². The minimum Gasteiger partial charge on any atom is -0.361 e. The number of nitrogens with one attached hydrogen (secondary N) is 2. The predicted octanol–water partition coefficient (Wildman–Crippen LogP) is 4.91. The summed E-state index contributed by atoms with van der Waals surface area (Å²) in [5.74, 6) is -0.845. The van der Waals surface area contributed by atoms with Gasteiger partial charge in [-0.3, -0.25) is 14.9 Å². The molecule has 4 aromatic rings. The van der Waals surface area contributed by atoms with E-state index in [1.165, 1.54) is 0 Å². The topological polar surface area (TPSA) is 65.2 Å². The molecule has 160 valence electrons. The highest BCUT2D eigenvalue weighted by molar-refractivity contribution is 6.52. The summed E-state index contributed by atoms with van der Waals surface area (Å²) in [5.41, 5.74) is 5.06. The first-order chi connectivity index (χ1) is 15.3. The Morgan fingerprint density at radius 1 is 0.906 bits per heavy atom. The fraction of sp³-hybridized carbons (Fsp3) is 0.154. The summed E-state index contributed by atoms with van der Waals surface area (Å²) in [6, 6.07) is 15.8. The van der Waals surface area contributed by atoms with Crippen LogP contribution < -0.4 is 5.32 Å². The van der Waals surface area contributed by atoms with Crippen LogP contribution in [0.1, 0.15) is 22.3 Å². The predicted molar refractivity (Wildman–Crippen MR) is 129 cm³/mol. The summed E-state index contributed by atoms with van der Waals surface area (Å²) in [4.78, 5) is 31.4. The highest BCUT2D eigenvalue weighted by Gasteiger charge is 2.35.